The summed E-state index contributed by atoms with van der Waals surface area (Å²) in [7, 11) is 3.88. The van der Waals surface area contributed by atoms with Gasteiger partial charge >= 0.3 is 0 Å². The topological polar surface area (TPSA) is 70.0 Å². The maximum absolute atomic E-state index is 12.6. The lowest BCUT2D eigenvalue weighted by Gasteiger charge is -2.31. The van der Waals surface area contributed by atoms with E-state index in [1.807, 2.05) is 44.2 Å². The van der Waals surface area contributed by atoms with E-state index < -0.39 is 12.2 Å². The first kappa shape index (κ1) is 21.0. The Kier molecular flexibility index (Phi) is 9.45. The third-order valence-electron chi connectivity index (χ3n) is 4.40. The van der Waals surface area contributed by atoms with Crippen LogP contribution in [-0.4, -0.2) is 46.8 Å². The molecule has 24 heavy (non-hydrogen) atoms. The number of amides is 1. The lowest BCUT2D eigenvalue weighted by Crippen LogP contribution is -2.42. The summed E-state index contributed by atoms with van der Waals surface area (Å²) in [6, 6.07) is 8.98. The molecule has 1 rings (SSSR count). The highest BCUT2D eigenvalue weighted by Gasteiger charge is 2.28. The molecule has 0 spiro atoms. The number of carbonyl (C=O) groups excluding carboxylic acids is 1. The minimum Gasteiger partial charge on any atom is -0.393 e. The molecule has 1 aromatic carbocycles. The first-order chi connectivity index (χ1) is 11.4. The highest BCUT2D eigenvalue weighted by molar-refractivity contribution is 7.09. The van der Waals surface area contributed by atoms with Gasteiger partial charge in [-0.15, -0.1) is 0 Å². The Hall–Kier alpha value is -1.00. The van der Waals surface area contributed by atoms with Crippen LogP contribution in [0.25, 0.3) is 0 Å². The molecule has 5 nitrogen and oxygen atoms in total. The molecule has 0 saturated carbocycles. The lowest BCUT2D eigenvalue weighted by atomic mass is 9.97. The summed E-state index contributed by atoms with van der Waals surface area (Å²) in [5.41, 5.74) is 0.787. The van der Waals surface area contributed by atoms with Crippen LogP contribution in [0.2, 0.25) is 0 Å². The SMILES string of the molecule is CC(C[C@H](O)CCCOP)C(=O)N(C)[C@H](C)[C@H](O)c1ccccc1. The third-order valence-corrected chi connectivity index (χ3v) is 4.64. The highest BCUT2D eigenvalue weighted by Crippen LogP contribution is 2.22. The van der Waals surface area contributed by atoms with E-state index in [1.165, 1.54) is 0 Å². The van der Waals surface area contributed by atoms with Crippen LogP contribution in [-0.2, 0) is 9.32 Å². The predicted molar refractivity (Wildman–Crippen MR) is 98.3 cm³/mol. The number of nitrogens with zero attached hydrogens (tertiary/aromatic N) is 1. The zero-order valence-electron chi connectivity index (χ0n) is 14.8. The first-order valence-electron chi connectivity index (χ1n) is 8.37. The van der Waals surface area contributed by atoms with Gasteiger partial charge < -0.3 is 19.6 Å². The Labute approximate surface area is 147 Å². The molecule has 0 bridgehead atoms. The minimum absolute atomic E-state index is 0.0705. The molecular formula is C18H30NO4P. The monoisotopic (exact) mass is 355 g/mol. The van der Waals surface area contributed by atoms with Crippen LogP contribution in [0.3, 0.4) is 0 Å². The van der Waals surface area contributed by atoms with E-state index in [1.54, 1.807) is 11.9 Å². The quantitative estimate of drug-likeness (QED) is 0.500. The number of hydrogen-bond donors (Lipinski definition) is 2. The summed E-state index contributed by atoms with van der Waals surface area (Å²) in [6.45, 7) is 4.22. The Balaban J connectivity index is 2.55. The number of carbonyl (C=O) groups is 1. The first-order valence-corrected chi connectivity index (χ1v) is 8.85. The molecule has 2 unspecified atom stereocenters. The highest BCUT2D eigenvalue weighted by atomic mass is 31.0. The molecule has 0 saturated heterocycles. The molecule has 1 aromatic rings. The molecule has 0 fully saturated rings. The van der Waals surface area contributed by atoms with Crippen molar-refractivity contribution in [2.45, 2.75) is 51.4 Å². The second-order valence-corrected chi connectivity index (χ2v) is 6.68. The van der Waals surface area contributed by atoms with Crippen molar-refractivity contribution in [3.05, 3.63) is 35.9 Å². The molecule has 0 aliphatic rings. The molecule has 0 aromatic heterocycles. The van der Waals surface area contributed by atoms with Crippen LogP contribution in [0, 0.1) is 5.92 Å². The van der Waals surface area contributed by atoms with Crippen LogP contribution < -0.4 is 0 Å². The molecule has 0 heterocycles. The van der Waals surface area contributed by atoms with Crippen molar-refractivity contribution in [2.75, 3.05) is 13.7 Å². The zero-order chi connectivity index (χ0) is 18.1. The van der Waals surface area contributed by atoms with E-state index in [0.717, 1.165) is 12.0 Å². The van der Waals surface area contributed by atoms with Gasteiger partial charge in [-0.05, 0) is 31.7 Å². The summed E-state index contributed by atoms with van der Waals surface area (Å²) in [5.74, 6) is -0.369. The number of hydrogen-bond acceptors (Lipinski definition) is 4. The van der Waals surface area contributed by atoms with Gasteiger partial charge in [-0.1, -0.05) is 37.3 Å². The fraction of sp³-hybridized carbons (Fsp3) is 0.611. The summed E-state index contributed by atoms with van der Waals surface area (Å²) >= 11 is 0. The van der Waals surface area contributed by atoms with E-state index in [9.17, 15) is 15.0 Å². The summed E-state index contributed by atoms with van der Waals surface area (Å²) < 4.78 is 4.89. The van der Waals surface area contributed by atoms with Gasteiger partial charge in [0, 0.05) is 22.4 Å². The van der Waals surface area contributed by atoms with Crippen molar-refractivity contribution >= 4 is 15.4 Å². The molecule has 5 atom stereocenters. The van der Waals surface area contributed by atoms with Gasteiger partial charge in [0.05, 0.1) is 24.9 Å². The number of aliphatic hydroxyl groups excluding tert-OH is 2. The molecule has 0 radical (unpaired) electrons. The fourth-order valence-electron chi connectivity index (χ4n) is 2.72. The minimum atomic E-state index is -0.739. The summed E-state index contributed by atoms with van der Waals surface area (Å²) in [4.78, 5) is 14.1. The fourth-order valence-corrected chi connectivity index (χ4v) is 2.88. The maximum atomic E-state index is 12.6. The maximum Gasteiger partial charge on any atom is 0.225 e. The molecule has 2 N–H and O–H groups in total. The normalized spacial score (nSPS) is 16.2. The zero-order valence-corrected chi connectivity index (χ0v) is 15.9. The standard InChI is InChI=1S/C18H30NO4P/c1-13(12-16(20)10-7-11-23-24)18(22)19(3)14(2)17(21)15-8-5-4-6-9-15/h4-6,8-9,13-14,16-17,20-21H,7,10-12,24H2,1-3H3/t13?,14-,16-,17+/m1/s1. The van der Waals surface area contributed by atoms with Crippen molar-refractivity contribution in [1.82, 2.24) is 4.90 Å². The van der Waals surface area contributed by atoms with E-state index in [4.69, 9.17) is 4.52 Å². The average molecular weight is 355 g/mol. The second-order valence-electron chi connectivity index (χ2n) is 6.35. The number of rotatable bonds is 10. The molecule has 1 amide bonds. The smallest absolute Gasteiger partial charge is 0.225 e. The van der Waals surface area contributed by atoms with E-state index >= 15 is 0 Å². The van der Waals surface area contributed by atoms with Gasteiger partial charge in [0.25, 0.3) is 0 Å². The van der Waals surface area contributed by atoms with Gasteiger partial charge in [-0.25, -0.2) is 0 Å². The second kappa shape index (κ2) is 10.8. The Morgan fingerprint density at radius 3 is 2.46 bits per heavy atom. The van der Waals surface area contributed by atoms with Crippen molar-refractivity contribution in [1.29, 1.82) is 0 Å². The molecule has 0 aliphatic carbocycles. The van der Waals surface area contributed by atoms with Gasteiger partial charge in [0.15, 0.2) is 0 Å². The van der Waals surface area contributed by atoms with E-state index in [2.05, 4.69) is 9.47 Å². The van der Waals surface area contributed by atoms with E-state index in [-0.39, 0.29) is 17.9 Å². The Morgan fingerprint density at radius 1 is 1.25 bits per heavy atom. The van der Waals surface area contributed by atoms with Gasteiger partial charge in [0.2, 0.25) is 5.91 Å². The lowest BCUT2D eigenvalue weighted by molar-refractivity contribution is -0.138. The van der Waals surface area contributed by atoms with Gasteiger partial charge in [-0.3, -0.25) is 4.79 Å². The van der Waals surface area contributed by atoms with Crippen LogP contribution in [0.4, 0.5) is 0 Å². The Morgan fingerprint density at radius 2 is 1.88 bits per heavy atom. The molecule has 136 valence electrons. The predicted octanol–water partition coefficient (Wildman–Crippen LogP) is 2.54. The van der Waals surface area contributed by atoms with Crippen molar-refractivity contribution in [3.63, 3.8) is 0 Å². The van der Waals surface area contributed by atoms with Crippen LogP contribution >= 0.6 is 9.47 Å². The molecular weight excluding hydrogens is 325 g/mol. The van der Waals surface area contributed by atoms with Gasteiger partial charge in [-0.2, -0.15) is 0 Å². The van der Waals surface area contributed by atoms with Crippen molar-refractivity contribution in [2.24, 2.45) is 5.92 Å². The number of aliphatic hydroxyl groups is 2. The van der Waals surface area contributed by atoms with Crippen LogP contribution in [0.15, 0.2) is 30.3 Å². The average Bonchev–Trinajstić information content (AvgIpc) is 2.60. The van der Waals surface area contributed by atoms with Gasteiger partial charge in [0.1, 0.15) is 0 Å². The van der Waals surface area contributed by atoms with Crippen molar-refractivity contribution in [3.8, 4) is 0 Å². The Bertz CT molecular complexity index is 485. The molecule has 6 heteroatoms. The van der Waals surface area contributed by atoms with Crippen LogP contribution in [0.5, 0.6) is 0 Å². The van der Waals surface area contributed by atoms with Crippen molar-refractivity contribution < 1.29 is 19.5 Å². The largest absolute Gasteiger partial charge is 0.393 e. The third kappa shape index (κ3) is 6.48. The number of likely N-dealkylation sites (N-methyl/N-ethyl adjacent to an activating group) is 1. The van der Waals surface area contributed by atoms with Crippen LogP contribution in [0.1, 0.15) is 44.8 Å². The number of benzene rings is 1. The van der Waals surface area contributed by atoms with E-state index in [0.29, 0.717) is 19.4 Å². The summed E-state index contributed by atoms with van der Waals surface area (Å²) in [6.07, 6.45) is 0.514. The summed E-state index contributed by atoms with van der Waals surface area (Å²) in [5, 5.41) is 20.5. The molecule has 0 aliphatic heterocycles.